The summed E-state index contributed by atoms with van der Waals surface area (Å²) in [4.78, 5) is 28.1. The summed E-state index contributed by atoms with van der Waals surface area (Å²) >= 11 is 6.37. The van der Waals surface area contributed by atoms with E-state index in [-0.39, 0.29) is 18.9 Å². The van der Waals surface area contributed by atoms with Gasteiger partial charge in [0.1, 0.15) is 10.1 Å². The fourth-order valence-electron chi connectivity index (χ4n) is 2.41. The molecular formula is C16H14N2O4S2. The highest BCUT2D eigenvalue weighted by atomic mass is 32.2. The van der Waals surface area contributed by atoms with Crippen LogP contribution in [0.4, 0.5) is 0 Å². The number of hydrogen-bond acceptors (Lipinski definition) is 5. The van der Waals surface area contributed by atoms with Crippen LogP contribution in [0.1, 0.15) is 12.0 Å². The molecule has 0 atom stereocenters. The normalized spacial score (nSPS) is 16.4. The molecule has 2 heterocycles. The third kappa shape index (κ3) is 3.15. The molecule has 1 aliphatic heterocycles. The Kier molecular flexibility index (Phi) is 4.59. The maximum atomic E-state index is 12.4. The Labute approximate surface area is 147 Å². The molecule has 6 nitrogen and oxygen atoms in total. The van der Waals surface area contributed by atoms with Gasteiger partial charge in [0.15, 0.2) is 0 Å². The van der Waals surface area contributed by atoms with Crippen LogP contribution in [0.3, 0.4) is 0 Å². The van der Waals surface area contributed by atoms with E-state index in [1.165, 1.54) is 16.7 Å². The van der Waals surface area contributed by atoms with Gasteiger partial charge in [0.2, 0.25) is 0 Å². The number of carboxylic acid groups (broad SMARTS) is 1. The molecule has 1 aliphatic rings. The Morgan fingerprint density at radius 1 is 1.50 bits per heavy atom. The molecule has 0 spiro atoms. The van der Waals surface area contributed by atoms with Crippen LogP contribution < -0.4 is 4.74 Å². The largest absolute Gasteiger partial charge is 0.497 e. The molecule has 8 heteroatoms. The number of nitrogens with one attached hydrogen (secondary N) is 1. The van der Waals surface area contributed by atoms with E-state index in [0.717, 1.165) is 22.2 Å². The highest BCUT2D eigenvalue weighted by Gasteiger charge is 2.32. The lowest BCUT2D eigenvalue weighted by molar-refractivity contribution is -0.137. The summed E-state index contributed by atoms with van der Waals surface area (Å²) in [5.41, 5.74) is 1.78. The smallest absolute Gasteiger partial charge is 0.305 e. The minimum absolute atomic E-state index is 0.0824. The number of thioether (sulfide) groups is 1. The molecule has 3 rings (SSSR count). The van der Waals surface area contributed by atoms with Crippen LogP contribution in [0, 0.1) is 0 Å². The van der Waals surface area contributed by atoms with E-state index < -0.39 is 5.97 Å². The van der Waals surface area contributed by atoms with E-state index in [2.05, 4.69) is 4.98 Å². The Morgan fingerprint density at radius 2 is 2.29 bits per heavy atom. The number of hydrogen-bond donors (Lipinski definition) is 2. The number of nitrogens with zero attached hydrogens (tertiary/aromatic N) is 1. The number of aromatic amines is 1. The number of aromatic nitrogens is 1. The highest BCUT2D eigenvalue weighted by molar-refractivity contribution is 8.26. The number of benzene rings is 1. The first-order valence-electron chi connectivity index (χ1n) is 7.12. The van der Waals surface area contributed by atoms with E-state index >= 15 is 0 Å². The fraction of sp³-hybridized carbons (Fsp3) is 0.188. The molecule has 2 N–H and O–H groups in total. The van der Waals surface area contributed by atoms with Crippen molar-refractivity contribution in [2.45, 2.75) is 6.42 Å². The SMILES string of the molecule is COc1ccc2[nH]cc(/C=C3/SC(=S)N(CCC(=O)O)C3=O)c2c1. The zero-order valence-corrected chi connectivity index (χ0v) is 14.4. The highest BCUT2D eigenvalue weighted by Crippen LogP contribution is 2.34. The first kappa shape index (κ1) is 16.5. The summed E-state index contributed by atoms with van der Waals surface area (Å²) in [6.45, 7) is 0.0824. The lowest BCUT2D eigenvalue weighted by Gasteiger charge is -2.12. The topological polar surface area (TPSA) is 82.6 Å². The minimum Gasteiger partial charge on any atom is -0.497 e. The summed E-state index contributed by atoms with van der Waals surface area (Å²) in [5.74, 6) is -0.494. The van der Waals surface area contributed by atoms with Crippen molar-refractivity contribution in [3.8, 4) is 5.75 Å². The summed E-state index contributed by atoms with van der Waals surface area (Å²) in [7, 11) is 1.60. The van der Waals surface area contributed by atoms with Gasteiger partial charge in [-0.1, -0.05) is 24.0 Å². The molecule has 0 saturated carbocycles. The maximum Gasteiger partial charge on any atom is 0.305 e. The Balaban J connectivity index is 1.90. The molecule has 1 amide bonds. The molecule has 24 heavy (non-hydrogen) atoms. The van der Waals surface area contributed by atoms with Crippen molar-refractivity contribution in [2.75, 3.05) is 13.7 Å². The van der Waals surface area contributed by atoms with Crippen LogP contribution in [0.15, 0.2) is 29.3 Å². The monoisotopic (exact) mass is 362 g/mol. The summed E-state index contributed by atoms with van der Waals surface area (Å²) in [6, 6.07) is 5.65. The molecule has 1 aromatic carbocycles. The first-order chi connectivity index (χ1) is 11.5. The van der Waals surface area contributed by atoms with Crippen molar-refractivity contribution in [2.24, 2.45) is 0 Å². The van der Waals surface area contributed by atoms with Crippen LogP contribution in [0.25, 0.3) is 17.0 Å². The van der Waals surface area contributed by atoms with Crippen LogP contribution in [-0.2, 0) is 9.59 Å². The van der Waals surface area contributed by atoms with Gasteiger partial charge in [0.05, 0.1) is 18.4 Å². The number of amides is 1. The second-order valence-electron chi connectivity index (χ2n) is 5.13. The van der Waals surface area contributed by atoms with Crippen LogP contribution in [0.5, 0.6) is 5.75 Å². The Hall–Kier alpha value is -2.32. The third-order valence-electron chi connectivity index (χ3n) is 3.63. The third-order valence-corrected chi connectivity index (χ3v) is 5.01. The minimum atomic E-state index is -0.961. The molecule has 124 valence electrons. The molecule has 1 fully saturated rings. The average Bonchev–Trinajstić information content (AvgIpc) is 3.07. The molecular weight excluding hydrogens is 348 g/mol. The van der Waals surface area contributed by atoms with Crippen molar-refractivity contribution < 1.29 is 19.4 Å². The maximum absolute atomic E-state index is 12.4. The first-order valence-corrected chi connectivity index (χ1v) is 8.34. The van der Waals surface area contributed by atoms with Crippen molar-refractivity contribution in [1.29, 1.82) is 0 Å². The summed E-state index contributed by atoms with van der Waals surface area (Å²) in [5, 5.41) is 9.70. The fourth-order valence-corrected chi connectivity index (χ4v) is 3.71. The van der Waals surface area contributed by atoms with Crippen LogP contribution in [-0.4, -0.2) is 44.8 Å². The number of methoxy groups -OCH3 is 1. The number of carbonyl (C=O) groups excluding carboxylic acids is 1. The van der Waals surface area contributed by atoms with Gasteiger partial charge in [-0.05, 0) is 24.3 Å². The predicted octanol–water partition coefficient (Wildman–Crippen LogP) is 2.85. The van der Waals surface area contributed by atoms with Gasteiger partial charge in [-0.2, -0.15) is 0 Å². The second-order valence-corrected chi connectivity index (χ2v) is 6.81. The zero-order chi connectivity index (χ0) is 17.3. The van der Waals surface area contributed by atoms with E-state index in [1.54, 1.807) is 13.2 Å². The van der Waals surface area contributed by atoms with Gasteiger partial charge in [-0.25, -0.2) is 0 Å². The Morgan fingerprint density at radius 3 is 3.00 bits per heavy atom. The van der Waals surface area contributed by atoms with Gasteiger partial charge in [0.25, 0.3) is 5.91 Å². The molecule has 2 aromatic rings. The molecule has 0 unspecified atom stereocenters. The number of H-pyrrole nitrogens is 1. The van der Waals surface area contributed by atoms with Crippen LogP contribution >= 0.6 is 24.0 Å². The number of carboxylic acids is 1. The second kappa shape index (κ2) is 6.66. The van der Waals surface area contributed by atoms with Crippen LogP contribution in [0.2, 0.25) is 0 Å². The van der Waals surface area contributed by atoms with Gasteiger partial charge >= 0.3 is 5.97 Å². The lowest BCUT2D eigenvalue weighted by atomic mass is 10.1. The van der Waals surface area contributed by atoms with Crippen molar-refractivity contribution >= 4 is 57.2 Å². The van der Waals surface area contributed by atoms with Gasteiger partial charge in [-0.3, -0.25) is 14.5 Å². The molecule has 1 aromatic heterocycles. The number of rotatable bonds is 5. The average molecular weight is 362 g/mol. The molecule has 0 radical (unpaired) electrons. The van der Waals surface area contributed by atoms with E-state index in [9.17, 15) is 9.59 Å². The van der Waals surface area contributed by atoms with E-state index in [1.807, 2.05) is 24.4 Å². The number of thiocarbonyl (C=S) groups is 1. The summed E-state index contributed by atoms with van der Waals surface area (Å²) in [6.07, 6.45) is 3.44. The summed E-state index contributed by atoms with van der Waals surface area (Å²) < 4.78 is 5.61. The molecule has 0 bridgehead atoms. The van der Waals surface area contributed by atoms with Crippen molar-refractivity contribution in [3.05, 3.63) is 34.9 Å². The van der Waals surface area contributed by atoms with Gasteiger partial charge in [-0.15, -0.1) is 0 Å². The lowest BCUT2D eigenvalue weighted by Crippen LogP contribution is -2.30. The van der Waals surface area contributed by atoms with Crippen molar-refractivity contribution in [1.82, 2.24) is 9.88 Å². The molecule has 0 aliphatic carbocycles. The van der Waals surface area contributed by atoms with Gasteiger partial charge < -0.3 is 14.8 Å². The van der Waals surface area contributed by atoms with E-state index in [0.29, 0.717) is 9.23 Å². The van der Waals surface area contributed by atoms with Crippen molar-refractivity contribution in [3.63, 3.8) is 0 Å². The zero-order valence-electron chi connectivity index (χ0n) is 12.7. The van der Waals surface area contributed by atoms with Gasteiger partial charge in [0, 0.05) is 29.2 Å². The van der Waals surface area contributed by atoms with E-state index in [4.69, 9.17) is 22.1 Å². The number of carbonyl (C=O) groups is 2. The quantitative estimate of drug-likeness (QED) is 0.629. The number of ether oxygens (including phenoxy) is 1. The number of fused-ring (bicyclic) bond motifs is 1. The molecule has 1 saturated heterocycles. The standard InChI is InChI=1S/C16H14N2O4S2/c1-22-10-2-3-12-11(7-10)9(8-17-12)6-13-15(21)18(16(23)24-13)5-4-14(19)20/h2-3,6-8,17H,4-5H2,1H3,(H,19,20)/b13-6+. The predicted molar refractivity (Wildman–Crippen MR) is 97.0 cm³/mol. The Bertz CT molecular complexity index is 872. The number of aliphatic carboxylic acids is 1.